The second-order valence-corrected chi connectivity index (χ2v) is 4.56. The van der Waals surface area contributed by atoms with E-state index in [9.17, 15) is 4.79 Å². The molecule has 1 aliphatic heterocycles. The van der Waals surface area contributed by atoms with Crippen LogP contribution in [0.4, 0.5) is 5.00 Å². The van der Waals surface area contributed by atoms with Crippen molar-refractivity contribution in [1.82, 2.24) is 4.98 Å². The number of nitrogens with zero attached hydrogens (tertiary/aromatic N) is 1. The lowest BCUT2D eigenvalue weighted by Crippen LogP contribution is -2.17. The first-order valence-corrected chi connectivity index (χ1v) is 5.28. The first kappa shape index (κ1) is 8.69. The Hall–Kier alpha value is -0.900. The highest BCUT2D eigenvalue weighted by atomic mass is 32.1. The van der Waals surface area contributed by atoms with Gasteiger partial charge in [0.2, 0.25) is 5.91 Å². The molecule has 0 saturated carbocycles. The number of nitrogens with one attached hydrogen (secondary N) is 1. The first-order valence-electron chi connectivity index (χ1n) is 4.46. The quantitative estimate of drug-likeness (QED) is 0.747. The summed E-state index contributed by atoms with van der Waals surface area (Å²) in [5.41, 5.74) is 1.06. The smallest absolute Gasteiger partial charge is 0.225 e. The molecule has 1 aromatic heterocycles. The fourth-order valence-electron chi connectivity index (χ4n) is 1.31. The van der Waals surface area contributed by atoms with Crippen molar-refractivity contribution in [3.05, 3.63) is 10.7 Å². The van der Waals surface area contributed by atoms with E-state index in [1.807, 2.05) is 0 Å². The van der Waals surface area contributed by atoms with E-state index in [4.69, 9.17) is 0 Å². The lowest BCUT2D eigenvalue weighted by Gasteiger charge is -2.09. The van der Waals surface area contributed by atoms with Crippen molar-refractivity contribution in [3.8, 4) is 0 Å². The fourth-order valence-corrected chi connectivity index (χ4v) is 2.34. The molecule has 0 unspecified atom stereocenters. The number of rotatable bonds is 1. The van der Waals surface area contributed by atoms with Crippen molar-refractivity contribution in [2.75, 3.05) is 5.32 Å². The van der Waals surface area contributed by atoms with E-state index in [1.54, 1.807) is 11.3 Å². The summed E-state index contributed by atoms with van der Waals surface area (Å²) >= 11 is 1.60. The second kappa shape index (κ2) is 3.10. The van der Waals surface area contributed by atoms with Gasteiger partial charge < -0.3 is 5.32 Å². The largest absolute Gasteiger partial charge is 0.316 e. The van der Waals surface area contributed by atoms with Gasteiger partial charge in [-0.1, -0.05) is 13.8 Å². The van der Waals surface area contributed by atoms with Crippen molar-refractivity contribution < 1.29 is 4.79 Å². The number of amides is 1. The summed E-state index contributed by atoms with van der Waals surface area (Å²) in [6.07, 6.45) is 1.37. The minimum Gasteiger partial charge on any atom is -0.316 e. The SMILES string of the molecule is CC(C)c1nc2c(s1)NC(=O)CC2. The van der Waals surface area contributed by atoms with Gasteiger partial charge in [0.05, 0.1) is 10.7 Å². The Morgan fingerprint density at radius 2 is 2.23 bits per heavy atom. The molecule has 0 aromatic carbocycles. The number of anilines is 1. The third kappa shape index (κ3) is 1.58. The van der Waals surface area contributed by atoms with Gasteiger partial charge in [0.25, 0.3) is 0 Å². The first-order chi connectivity index (χ1) is 6.16. The van der Waals surface area contributed by atoms with Gasteiger partial charge in [-0.05, 0) is 0 Å². The minimum atomic E-state index is 0.117. The lowest BCUT2D eigenvalue weighted by molar-refractivity contribution is -0.116. The van der Waals surface area contributed by atoms with E-state index < -0.39 is 0 Å². The van der Waals surface area contributed by atoms with Gasteiger partial charge in [0, 0.05) is 18.8 Å². The average molecular weight is 196 g/mol. The van der Waals surface area contributed by atoms with Crippen molar-refractivity contribution in [2.45, 2.75) is 32.6 Å². The van der Waals surface area contributed by atoms with Crippen molar-refractivity contribution in [3.63, 3.8) is 0 Å². The van der Waals surface area contributed by atoms with Gasteiger partial charge in [-0.3, -0.25) is 4.79 Å². The summed E-state index contributed by atoms with van der Waals surface area (Å²) in [6.45, 7) is 4.23. The molecule has 0 spiro atoms. The molecule has 1 aliphatic rings. The van der Waals surface area contributed by atoms with Crippen LogP contribution in [0, 0.1) is 0 Å². The predicted octanol–water partition coefficient (Wildman–Crippen LogP) is 2.15. The van der Waals surface area contributed by atoms with E-state index >= 15 is 0 Å². The van der Waals surface area contributed by atoms with Crippen LogP contribution in [-0.2, 0) is 11.2 Å². The van der Waals surface area contributed by atoms with Crippen LogP contribution in [0.15, 0.2) is 0 Å². The molecule has 4 heteroatoms. The summed E-state index contributed by atoms with van der Waals surface area (Å²) in [4.78, 5) is 15.6. The summed E-state index contributed by atoms with van der Waals surface area (Å²) in [5, 5.41) is 4.93. The molecule has 0 radical (unpaired) electrons. The maximum absolute atomic E-state index is 11.1. The molecule has 1 amide bonds. The minimum absolute atomic E-state index is 0.117. The number of aryl methyl sites for hydroxylation is 1. The molecule has 0 saturated heterocycles. The van der Waals surface area contributed by atoms with Crippen LogP contribution >= 0.6 is 11.3 Å². The predicted molar refractivity (Wildman–Crippen MR) is 53.2 cm³/mol. The normalized spacial score (nSPS) is 15.8. The molecule has 3 nitrogen and oxygen atoms in total. The number of hydrogen-bond acceptors (Lipinski definition) is 3. The molecule has 2 rings (SSSR count). The zero-order chi connectivity index (χ0) is 9.42. The monoisotopic (exact) mass is 196 g/mol. The van der Waals surface area contributed by atoms with E-state index in [0.717, 1.165) is 22.1 Å². The van der Waals surface area contributed by atoms with Gasteiger partial charge in [0.1, 0.15) is 5.00 Å². The summed E-state index contributed by atoms with van der Waals surface area (Å²) in [5.74, 6) is 0.568. The third-order valence-electron chi connectivity index (χ3n) is 2.05. The molecule has 0 atom stereocenters. The number of fused-ring (bicyclic) bond motifs is 1. The number of carbonyl (C=O) groups is 1. The molecular weight excluding hydrogens is 184 g/mol. The molecule has 0 bridgehead atoms. The second-order valence-electron chi connectivity index (χ2n) is 3.53. The van der Waals surface area contributed by atoms with Gasteiger partial charge in [-0.25, -0.2) is 4.98 Å². The van der Waals surface area contributed by atoms with E-state index in [0.29, 0.717) is 12.3 Å². The van der Waals surface area contributed by atoms with Crippen LogP contribution in [0.3, 0.4) is 0 Å². The maximum Gasteiger partial charge on any atom is 0.225 e. The van der Waals surface area contributed by atoms with Crippen molar-refractivity contribution in [1.29, 1.82) is 0 Å². The molecule has 2 heterocycles. The van der Waals surface area contributed by atoms with E-state index in [1.165, 1.54) is 0 Å². The van der Waals surface area contributed by atoms with Gasteiger partial charge in [-0.15, -0.1) is 11.3 Å². The Bertz CT molecular complexity index is 343. The molecule has 0 fully saturated rings. The van der Waals surface area contributed by atoms with Crippen LogP contribution in [0.2, 0.25) is 0 Å². The summed E-state index contributed by atoms with van der Waals surface area (Å²) in [7, 11) is 0. The molecule has 1 N–H and O–H groups in total. The summed E-state index contributed by atoms with van der Waals surface area (Å²) in [6, 6.07) is 0. The molecule has 1 aromatic rings. The highest BCUT2D eigenvalue weighted by molar-refractivity contribution is 7.16. The Morgan fingerprint density at radius 1 is 1.46 bits per heavy atom. The molecule has 0 aliphatic carbocycles. The van der Waals surface area contributed by atoms with Gasteiger partial charge in [0.15, 0.2) is 0 Å². The van der Waals surface area contributed by atoms with Crippen LogP contribution in [0.1, 0.15) is 36.9 Å². The highest BCUT2D eigenvalue weighted by Crippen LogP contribution is 2.32. The van der Waals surface area contributed by atoms with E-state index in [2.05, 4.69) is 24.1 Å². The Morgan fingerprint density at radius 3 is 2.92 bits per heavy atom. The maximum atomic E-state index is 11.1. The average Bonchev–Trinajstić information content (AvgIpc) is 2.46. The van der Waals surface area contributed by atoms with Gasteiger partial charge >= 0.3 is 0 Å². The van der Waals surface area contributed by atoms with Crippen LogP contribution in [0.5, 0.6) is 0 Å². The zero-order valence-electron chi connectivity index (χ0n) is 7.76. The number of hydrogen-bond donors (Lipinski definition) is 1. The van der Waals surface area contributed by atoms with Crippen molar-refractivity contribution in [2.24, 2.45) is 0 Å². The van der Waals surface area contributed by atoms with Crippen LogP contribution in [0.25, 0.3) is 0 Å². The van der Waals surface area contributed by atoms with E-state index in [-0.39, 0.29) is 5.91 Å². The molecular formula is C9H12N2OS. The molecule has 13 heavy (non-hydrogen) atoms. The Labute approximate surface area is 81.2 Å². The number of carbonyl (C=O) groups excluding carboxylic acids is 1. The Balaban J connectivity index is 2.33. The third-order valence-corrected chi connectivity index (χ3v) is 3.36. The standard InChI is InChI=1S/C9H12N2OS/c1-5(2)8-10-6-3-4-7(12)11-9(6)13-8/h5H,3-4H2,1-2H3,(H,11,12). The zero-order valence-corrected chi connectivity index (χ0v) is 8.57. The number of thiazole rings is 1. The fraction of sp³-hybridized carbons (Fsp3) is 0.556. The topological polar surface area (TPSA) is 42.0 Å². The van der Waals surface area contributed by atoms with Gasteiger partial charge in [-0.2, -0.15) is 0 Å². The lowest BCUT2D eigenvalue weighted by atomic mass is 10.2. The molecule has 70 valence electrons. The van der Waals surface area contributed by atoms with Crippen LogP contribution in [-0.4, -0.2) is 10.9 Å². The van der Waals surface area contributed by atoms with Crippen LogP contribution < -0.4 is 5.32 Å². The van der Waals surface area contributed by atoms with Crippen molar-refractivity contribution >= 4 is 22.2 Å². The number of aromatic nitrogens is 1. The Kier molecular flexibility index (Phi) is 2.07. The summed E-state index contributed by atoms with van der Waals surface area (Å²) < 4.78 is 0. The highest BCUT2D eigenvalue weighted by Gasteiger charge is 2.20.